The van der Waals surface area contributed by atoms with Gasteiger partial charge in [0.15, 0.2) is 6.04 Å². The van der Waals surface area contributed by atoms with E-state index >= 15 is 0 Å². The summed E-state index contributed by atoms with van der Waals surface area (Å²) in [5, 5.41) is 12.1. The molecule has 0 spiro atoms. The normalized spacial score (nSPS) is 12.2. The fourth-order valence-electron chi connectivity index (χ4n) is 3.03. The van der Waals surface area contributed by atoms with E-state index < -0.39 is 12.0 Å². The summed E-state index contributed by atoms with van der Waals surface area (Å²) in [5.74, 6) is -1.11. The predicted molar refractivity (Wildman–Crippen MR) is 109 cm³/mol. The van der Waals surface area contributed by atoms with Crippen molar-refractivity contribution in [2.45, 2.75) is 6.04 Å². The lowest BCUT2D eigenvalue weighted by atomic mass is 10.1. The van der Waals surface area contributed by atoms with Crippen LogP contribution in [0.4, 0.5) is 0 Å². The first-order chi connectivity index (χ1) is 13.1. The number of carboxylic acids is 1. The zero-order valence-corrected chi connectivity index (χ0v) is 16.3. The highest BCUT2D eigenvalue weighted by Crippen LogP contribution is 2.32. The number of fused-ring (bicyclic) bond motifs is 1. The quantitative estimate of drug-likeness (QED) is 0.504. The molecule has 0 fully saturated rings. The Bertz CT molecular complexity index is 1180. The highest BCUT2D eigenvalue weighted by atomic mass is 79.9. The van der Waals surface area contributed by atoms with Gasteiger partial charge in [-0.15, -0.1) is 11.3 Å². The number of hydrogen-bond donors (Lipinski definition) is 1. The Morgan fingerprint density at radius 2 is 1.81 bits per heavy atom. The van der Waals surface area contributed by atoms with Gasteiger partial charge in [0.1, 0.15) is 11.2 Å². The first-order valence-electron chi connectivity index (χ1n) is 8.08. The van der Waals surface area contributed by atoms with E-state index in [-0.39, 0.29) is 5.56 Å². The van der Waals surface area contributed by atoms with Crippen LogP contribution in [0.15, 0.2) is 75.6 Å². The third-order valence-electron chi connectivity index (χ3n) is 4.30. The van der Waals surface area contributed by atoms with Crippen LogP contribution in [0, 0.1) is 0 Å². The maximum Gasteiger partial charge on any atom is 0.331 e. The molecule has 0 saturated carbocycles. The molecule has 0 bridgehead atoms. The van der Waals surface area contributed by atoms with Crippen molar-refractivity contribution in [3.05, 3.63) is 86.7 Å². The number of halogens is 1. The van der Waals surface area contributed by atoms with Gasteiger partial charge < -0.3 is 5.11 Å². The van der Waals surface area contributed by atoms with Crippen molar-refractivity contribution < 1.29 is 9.90 Å². The lowest BCUT2D eigenvalue weighted by Crippen LogP contribution is -2.30. The second-order valence-corrected chi connectivity index (χ2v) is 7.72. The van der Waals surface area contributed by atoms with E-state index in [2.05, 4.69) is 20.9 Å². The number of hydrogen-bond acceptors (Lipinski definition) is 4. The summed E-state index contributed by atoms with van der Waals surface area (Å²) in [6.07, 6.45) is 1.32. The smallest absolute Gasteiger partial charge is 0.331 e. The molecular weight excluding hydrogens is 428 g/mol. The Balaban J connectivity index is 1.94. The molecule has 2 aromatic heterocycles. The maximum atomic E-state index is 13.2. The lowest BCUT2D eigenvalue weighted by Gasteiger charge is -2.15. The van der Waals surface area contributed by atoms with E-state index in [1.807, 2.05) is 29.6 Å². The van der Waals surface area contributed by atoms with E-state index in [4.69, 9.17) is 0 Å². The van der Waals surface area contributed by atoms with E-state index in [9.17, 15) is 14.7 Å². The molecule has 0 aliphatic heterocycles. The molecule has 0 amide bonds. The van der Waals surface area contributed by atoms with Gasteiger partial charge >= 0.3 is 5.97 Å². The zero-order valence-electron chi connectivity index (χ0n) is 13.9. The number of carbonyl (C=O) groups is 1. The summed E-state index contributed by atoms with van der Waals surface area (Å²) in [5.41, 5.74) is 1.79. The van der Waals surface area contributed by atoms with Crippen molar-refractivity contribution in [2.24, 2.45) is 0 Å². The molecule has 1 atom stereocenters. The van der Waals surface area contributed by atoms with Crippen molar-refractivity contribution in [2.75, 3.05) is 0 Å². The van der Waals surface area contributed by atoms with Gasteiger partial charge in [-0.1, -0.05) is 58.4 Å². The van der Waals surface area contributed by atoms with Crippen molar-refractivity contribution in [3.63, 3.8) is 0 Å². The molecule has 27 heavy (non-hydrogen) atoms. The van der Waals surface area contributed by atoms with Crippen LogP contribution >= 0.6 is 27.3 Å². The summed E-state index contributed by atoms with van der Waals surface area (Å²) in [4.78, 5) is 30.1. The van der Waals surface area contributed by atoms with Crippen LogP contribution in [0.1, 0.15) is 11.6 Å². The maximum absolute atomic E-state index is 13.2. The zero-order chi connectivity index (χ0) is 19.0. The molecule has 0 aliphatic rings. The molecular formula is C20H13BrN2O3S. The van der Waals surface area contributed by atoms with Gasteiger partial charge in [0.05, 0.1) is 5.39 Å². The molecule has 4 aromatic rings. The van der Waals surface area contributed by atoms with Crippen LogP contribution in [0.3, 0.4) is 0 Å². The van der Waals surface area contributed by atoms with Crippen LogP contribution in [0.5, 0.6) is 0 Å². The number of aliphatic carboxylic acids is 1. The van der Waals surface area contributed by atoms with Crippen molar-refractivity contribution >= 4 is 43.5 Å². The number of nitrogens with zero attached hydrogens (tertiary/aromatic N) is 2. The molecule has 4 rings (SSSR count). The standard InChI is InChI=1S/C20H13BrN2O3S/c21-14-8-6-12(7-9-14)15-10-27-18-16(15)19(24)23(11-22-18)17(20(25)26)13-4-2-1-3-5-13/h1-11,17H,(H,25,26). The average Bonchev–Trinajstić information content (AvgIpc) is 3.10. The monoisotopic (exact) mass is 440 g/mol. The summed E-state index contributed by atoms with van der Waals surface area (Å²) in [6, 6.07) is 15.2. The van der Waals surface area contributed by atoms with Crippen LogP contribution < -0.4 is 5.56 Å². The number of carboxylic acid groups (broad SMARTS) is 1. The van der Waals surface area contributed by atoms with Gasteiger partial charge in [-0.2, -0.15) is 0 Å². The Kier molecular flexibility index (Phi) is 4.63. The fraction of sp³-hybridized carbons (Fsp3) is 0.0500. The number of thiophene rings is 1. The van der Waals surface area contributed by atoms with Crippen molar-refractivity contribution in [3.8, 4) is 11.1 Å². The van der Waals surface area contributed by atoms with Gasteiger partial charge in [-0.3, -0.25) is 9.36 Å². The van der Waals surface area contributed by atoms with E-state index in [0.29, 0.717) is 15.8 Å². The van der Waals surface area contributed by atoms with E-state index in [0.717, 1.165) is 15.6 Å². The highest BCUT2D eigenvalue weighted by molar-refractivity contribution is 9.10. The highest BCUT2D eigenvalue weighted by Gasteiger charge is 2.25. The van der Waals surface area contributed by atoms with Gasteiger partial charge in [-0.25, -0.2) is 9.78 Å². The van der Waals surface area contributed by atoms with Gasteiger partial charge in [0, 0.05) is 15.4 Å². The van der Waals surface area contributed by atoms with Crippen LogP contribution in [-0.4, -0.2) is 20.6 Å². The van der Waals surface area contributed by atoms with Crippen LogP contribution in [-0.2, 0) is 4.79 Å². The predicted octanol–water partition coefficient (Wildman–Crippen LogP) is 4.56. The topological polar surface area (TPSA) is 72.2 Å². The van der Waals surface area contributed by atoms with Crippen molar-refractivity contribution in [1.82, 2.24) is 9.55 Å². The number of aromatic nitrogens is 2. The molecule has 5 nitrogen and oxygen atoms in total. The average molecular weight is 441 g/mol. The molecule has 7 heteroatoms. The molecule has 1 unspecified atom stereocenters. The van der Waals surface area contributed by atoms with E-state index in [1.165, 1.54) is 22.2 Å². The van der Waals surface area contributed by atoms with Gasteiger partial charge in [0.2, 0.25) is 0 Å². The Morgan fingerprint density at radius 1 is 1.11 bits per heavy atom. The Labute approximate surface area is 166 Å². The van der Waals surface area contributed by atoms with Crippen LogP contribution in [0.25, 0.3) is 21.3 Å². The third kappa shape index (κ3) is 3.20. The molecule has 0 saturated heterocycles. The largest absolute Gasteiger partial charge is 0.479 e. The van der Waals surface area contributed by atoms with Crippen LogP contribution in [0.2, 0.25) is 0 Å². The van der Waals surface area contributed by atoms with Gasteiger partial charge in [0.25, 0.3) is 5.56 Å². The summed E-state index contributed by atoms with van der Waals surface area (Å²) >= 11 is 4.77. The molecule has 1 N–H and O–H groups in total. The first-order valence-corrected chi connectivity index (χ1v) is 9.75. The molecule has 2 heterocycles. The first kappa shape index (κ1) is 17.6. The lowest BCUT2D eigenvalue weighted by molar-refractivity contribution is -0.139. The second kappa shape index (κ2) is 7.09. The minimum Gasteiger partial charge on any atom is -0.479 e. The summed E-state index contributed by atoms with van der Waals surface area (Å²) in [6.45, 7) is 0. The molecule has 134 valence electrons. The minimum absolute atomic E-state index is 0.365. The van der Waals surface area contributed by atoms with Gasteiger partial charge in [-0.05, 0) is 23.3 Å². The fourth-order valence-corrected chi connectivity index (χ4v) is 4.20. The van der Waals surface area contributed by atoms with E-state index in [1.54, 1.807) is 30.3 Å². The number of rotatable bonds is 4. The minimum atomic E-state index is -1.13. The number of benzene rings is 2. The Hall–Kier alpha value is -2.77. The summed E-state index contributed by atoms with van der Waals surface area (Å²) < 4.78 is 2.13. The second-order valence-electron chi connectivity index (χ2n) is 5.94. The SMILES string of the molecule is O=C(O)C(c1ccccc1)n1cnc2scc(-c3ccc(Br)cc3)c2c1=O. The van der Waals surface area contributed by atoms with Crippen molar-refractivity contribution in [1.29, 1.82) is 0 Å². The Morgan fingerprint density at radius 3 is 2.48 bits per heavy atom. The third-order valence-corrected chi connectivity index (χ3v) is 5.72. The summed E-state index contributed by atoms with van der Waals surface area (Å²) in [7, 11) is 0. The molecule has 0 radical (unpaired) electrons. The molecule has 0 aliphatic carbocycles. The molecule has 2 aromatic carbocycles.